The number of hydrogen-bond donors (Lipinski definition) is 1. The van der Waals surface area contributed by atoms with Crippen molar-refractivity contribution in [3.63, 3.8) is 0 Å². The van der Waals surface area contributed by atoms with Crippen LogP contribution in [0.3, 0.4) is 0 Å². The molecule has 0 radical (unpaired) electrons. The van der Waals surface area contributed by atoms with E-state index in [2.05, 4.69) is 20.1 Å². The van der Waals surface area contributed by atoms with Crippen molar-refractivity contribution in [2.24, 2.45) is 5.92 Å². The molecule has 2 aliphatic rings. The third-order valence-corrected chi connectivity index (χ3v) is 6.78. The van der Waals surface area contributed by atoms with Crippen LogP contribution in [0.4, 0.5) is 5.69 Å². The number of carbonyl (C=O) groups is 2. The van der Waals surface area contributed by atoms with Gasteiger partial charge in [0.15, 0.2) is 5.82 Å². The topological polar surface area (TPSA) is 80.1 Å². The standard InChI is InChI=1S/C26H29N5O2/c1-18(19-9-4-2-5-10-19)31-17-21(16-24(31)32)26(33)27-22-12-8-11-20(15-22)25-29-28-23-13-6-3-7-14-30(23)25/h2,4-5,8-12,15,18,21H,3,6-7,13-14,16-17H2,1H3,(H,27,33)/t18-,21-/m1/s1. The molecule has 0 bridgehead atoms. The fraction of sp³-hybridized carbons (Fsp3) is 0.385. The molecule has 33 heavy (non-hydrogen) atoms. The van der Waals surface area contributed by atoms with E-state index in [9.17, 15) is 9.59 Å². The van der Waals surface area contributed by atoms with Gasteiger partial charge in [0.25, 0.3) is 0 Å². The van der Waals surface area contributed by atoms with Gasteiger partial charge in [-0.1, -0.05) is 48.9 Å². The smallest absolute Gasteiger partial charge is 0.229 e. The first-order valence-electron chi connectivity index (χ1n) is 11.8. The first-order valence-corrected chi connectivity index (χ1v) is 11.8. The van der Waals surface area contributed by atoms with E-state index in [-0.39, 0.29) is 30.2 Å². The Hall–Kier alpha value is -3.48. The zero-order valence-electron chi connectivity index (χ0n) is 18.9. The van der Waals surface area contributed by atoms with Gasteiger partial charge in [0.2, 0.25) is 11.8 Å². The van der Waals surface area contributed by atoms with E-state index < -0.39 is 0 Å². The van der Waals surface area contributed by atoms with Crippen molar-refractivity contribution in [1.29, 1.82) is 0 Å². The van der Waals surface area contributed by atoms with Crippen molar-refractivity contribution in [3.05, 3.63) is 66.0 Å². The molecular formula is C26H29N5O2. The molecule has 3 aromatic rings. The molecule has 7 heteroatoms. The van der Waals surface area contributed by atoms with Crippen LogP contribution in [0.5, 0.6) is 0 Å². The van der Waals surface area contributed by atoms with E-state index >= 15 is 0 Å². The van der Waals surface area contributed by atoms with Crippen molar-refractivity contribution in [1.82, 2.24) is 19.7 Å². The van der Waals surface area contributed by atoms with Gasteiger partial charge in [0.1, 0.15) is 5.82 Å². The lowest BCUT2D eigenvalue weighted by atomic mass is 10.1. The maximum atomic E-state index is 13.0. The van der Waals surface area contributed by atoms with Crippen LogP contribution in [-0.2, 0) is 22.6 Å². The zero-order valence-corrected chi connectivity index (χ0v) is 18.9. The molecule has 3 heterocycles. The van der Waals surface area contributed by atoms with Crippen molar-refractivity contribution in [2.45, 2.75) is 51.6 Å². The molecule has 1 aromatic heterocycles. The second-order valence-corrected chi connectivity index (χ2v) is 9.01. The average Bonchev–Trinajstić information content (AvgIpc) is 3.35. The SMILES string of the molecule is C[C@H](c1ccccc1)N1C[C@H](C(=O)Nc2cccc(-c3nnc4n3CCCCC4)c2)CC1=O. The van der Waals surface area contributed by atoms with Gasteiger partial charge in [-0.25, -0.2) is 0 Å². The van der Waals surface area contributed by atoms with Crippen molar-refractivity contribution in [3.8, 4) is 11.4 Å². The average molecular weight is 444 g/mol. The molecular weight excluding hydrogens is 414 g/mol. The summed E-state index contributed by atoms with van der Waals surface area (Å²) in [5.41, 5.74) is 2.73. The highest BCUT2D eigenvalue weighted by Crippen LogP contribution is 2.30. The zero-order chi connectivity index (χ0) is 22.8. The number of rotatable bonds is 5. The fourth-order valence-electron chi connectivity index (χ4n) is 4.87. The largest absolute Gasteiger partial charge is 0.335 e. The fourth-order valence-corrected chi connectivity index (χ4v) is 4.87. The van der Waals surface area contributed by atoms with Gasteiger partial charge in [0.05, 0.1) is 12.0 Å². The molecule has 1 N–H and O–H groups in total. The number of fused-ring (bicyclic) bond motifs is 1. The summed E-state index contributed by atoms with van der Waals surface area (Å²) in [5.74, 6) is 1.42. The van der Waals surface area contributed by atoms with Crippen molar-refractivity contribution >= 4 is 17.5 Å². The van der Waals surface area contributed by atoms with E-state index in [1.54, 1.807) is 0 Å². The number of nitrogens with zero attached hydrogens (tertiary/aromatic N) is 4. The van der Waals surface area contributed by atoms with Gasteiger partial charge in [-0.05, 0) is 37.5 Å². The van der Waals surface area contributed by atoms with E-state index in [0.29, 0.717) is 12.2 Å². The molecule has 0 aliphatic carbocycles. The number of aromatic nitrogens is 3. The van der Waals surface area contributed by atoms with Crippen molar-refractivity contribution < 1.29 is 9.59 Å². The summed E-state index contributed by atoms with van der Waals surface area (Å²) < 4.78 is 2.20. The quantitative estimate of drug-likeness (QED) is 0.640. The molecule has 0 spiro atoms. The Labute approximate surface area is 193 Å². The first kappa shape index (κ1) is 21.4. The lowest BCUT2D eigenvalue weighted by Crippen LogP contribution is -2.30. The third-order valence-electron chi connectivity index (χ3n) is 6.78. The lowest BCUT2D eigenvalue weighted by Gasteiger charge is -2.25. The minimum Gasteiger partial charge on any atom is -0.335 e. The number of benzene rings is 2. The highest BCUT2D eigenvalue weighted by molar-refractivity contribution is 5.97. The Morgan fingerprint density at radius 1 is 1.06 bits per heavy atom. The molecule has 1 saturated heterocycles. The molecule has 170 valence electrons. The Kier molecular flexibility index (Phi) is 5.94. The van der Waals surface area contributed by atoms with E-state index in [1.807, 2.05) is 66.4 Å². The van der Waals surface area contributed by atoms with Crippen LogP contribution in [0, 0.1) is 5.92 Å². The summed E-state index contributed by atoms with van der Waals surface area (Å²) in [5, 5.41) is 11.8. The predicted octanol–water partition coefficient (Wildman–Crippen LogP) is 4.22. The number of carbonyl (C=O) groups excluding carboxylic acids is 2. The van der Waals surface area contributed by atoms with Gasteiger partial charge in [-0.2, -0.15) is 0 Å². The summed E-state index contributed by atoms with van der Waals surface area (Å²) in [6.45, 7) is 3.37. The molecule has 0 unspecified atom stereocenters. The maximum Gasteiger partial charge on any atom is 0.229 e. The molecule has 0 saturated carbocycles. The minimum absolute atomic E-state index is 0.0198. The Bertz CT molecular complexity index is 1160. The number of amides is 2. The number of likely N-dealkylation sites (tertiary alicyclic amines) is 1. The van der Waals surface area contributed by atoms with Gasteiger partial charge in [-0.3, -0.25) is 9.59 Å². The highest BCUT2D eigenvalue weighted by Gasteiger charge is 2.37. The molecule has 5 rings (SSSR count). The number of anilines is 1. The Balaban J connectivity index is 1.28. The second-order valence-electron chi connectivity index (χ2n) is 9.01. The number of hydrogen-bond acceptors (Lipinski definition) is 4. The third kappa shape index (κ3) is 4.40. The van der Waals surface area contributed by atoms with E-state index in [1.165, 1.54) is 6.42 Å². The number of nitrogens with one attached hydrogen (secondary N) is 1. The van der Waals surface area contributed by atoms with Crippen molar-refractivity contribution in [2.75, 3.05) is 11.9 Å². The highest BCUT2D eigenvalue weighted by atomic mass is 16.2. The number of aryl methyl sites for hydroxylation is 1. The van der Waals surface area contributed by atoms with Crippen LogP contribution in [0.1, 0.15) is 50.0 Å². The molecule has 1 fully saturated rings. The van der Waals surface area contributed by atoms with Crippen LogP contribution < -0.4 is 5.32 Å². The van der Waals surface area contributed by atoms with Crippen LogP contribution in [0.2, 0.25) is 0 Å². The van der Waals surface area contributed by atoms with Crippen LogP contribution >= 0.6 is 0 Å². The summed E-state index contributed by atoms with van der Waals surface area (Å²) in [6.07, 6.45) is 4.67. The first-order chi connectivity index (χ1) is 16.1. The molecule has 2 amide bonds. The Morgan fingerprint density at radius 2 is 1.91 bits per heavy atom. The monoisotopic (exact) mass is 443 g/mol. The minimum atomic E-state index is -0.364. The summed E-state index contributed by atoms with van der Waals surface area (Å²) in [4.78, 5) is 27.5. The van der Waals surface area contributed by atoms with Crippen LogP contribution in [-0.4, -0.2) is 38.0 Å². The summed E-state index contributed by atoms with van der Waals surface area (Å²) in [6, 6.07) is 17.6. The predicted molar refractivity (Wildman–Crippen MR) is 126 cm³/mol. The summed E-state index contributed by atoms with van der Waals surface area (Å²) in [7, 11) is 0. The second kappa shape index (κ2) is 9.17. The van der Waals surface area contributed by atoms with E-state index in [4.69, 9.17) is 0 Å². The van der Waals surface area contributed by atoms with Crippen LogP contribution in [0.25, 0.3) is 11.4 Å². The maximum absolute atomic E-state index is 13.0. The Morgan fingerprint density at radius 3 is 2.76 bits per heavy atom. The van der Waals surface area contributed by atoms with Gasteiger partial charge < -0.3 is 14.8 Å². The normalized spacial score (nSPS) is 19.1. The molecule has 7 nitrogen and oxygen atoms in total. The van der Waals surface area contributed by atoms with Gasteiger partial charge in [-0.15, -0.1) is 10.2 Å². The molecule has 2 aliphatic heterocycles. The van der Waals surface area contributed by atoms with Gasteiger partial charge >= 0.3 is 0 Å². The molecule has 2 atom stereocenters. The summed E-state index contributed by atoms with van der Waals surface area (Å²) >= 11 is 0. The van der Waals surface area contributed by atoms with E-state index in [0.717, 1.165) is 48.6 Å². The lowest BCUT2D eigenvalue weighted by molar-refractivity contribution is -0.129. The molecule has 2 aromatic carbocycles. The van der Waals surface area contributed by atoms with Crippen LogP contribution in [0.15, 0.2) is 54.6 Å². The van der Waals surface area contributed by atoms with Gasteiger partial charge in [0, 0.05) is 37.2 Å².